The van der Waals surface area contributed by atoms with Crippen LogP contribution in [-0.4, -0.2) is 161 Å². The van der Waals surface area contributed by atoms with Crippen molar-refractivity contribution >= 4 is 89.9 Å². The quantitative estimate of drug-likeness (QED) is 0.0666. The number of carbonyl (C=O) groups is 12. The first-order valence-electron chi connectivity index (χ1n) is 55.7. The fraction of sp³-hybridized carbons (Fsp3) is 0.600. The first kappa shape index (κ1) is 106. The first-order chi connectivity index (χ1) is 72.2. The molecule has 30 nitrogen and oxygen atoms in total. The summed E-state index contributed by atoms with van der Waals surface area (Å²) in [5.41, 5.74) is 10.0. The molecule has 30 heteroatoms. The zero-order valence-corrected chi connectivity index (χ0v) is 88.3. The van der Waals surface area contributed by atoms with Crippen LogP contribution < -0.4 is 32.2 Å². The summed E-state index contributed by atoms with van der Waals surface area (Å²) >= 11 is 0. The van der Waals surface area contributed by atoms with Gasteiger partial charge in [0.2, 0.25) is 17.7 Å². The minimum absolute atomic E-state index is 0.0624. The van der Waals surface area contributed by atoms with Gasteiger partial charge in [-0.15, -0.1) is 0 Å². The standard InChI is InChI=1S/C120H150N12O18/c1-70-19-34-103(133)124-67-106(136)130-127-64-73-13-10-16-79(55-73)113(143)146-86-38-47-116(5)83(59-86)23-26-89-95-32-29-92(119(95,8)101(62-98(89)116)149-110(140)77-42-51-122-52-43-77)72(3)21-36-105(135)126-69-108(138)132-129-66-75-15-12-18-81(57-75)114(144)147-87-39-48-117(6)84(60-87)24-27-90-96-33-30-93(120(96,9)102(63-99(90)117)150-111(141)78-44-53-123-54-45-78)71(2)20-35-104(134)125-68-107(137)131-128-65-74-14-11-17-80(56-74)112(142)145-85-37-46-115(4)82(58-85)22-25-88-94-31-28-91(70)118(94,7)100(61-97(88)115)148-109(139)76-40-49-121-50-41-76/h10-18,40-45,49-57,64-66,70-72,82-102H,19-39,46-48,58-63,67-69H2,1-9H3,(H,124,133)(H,125,134)(H,126,135)(H,130,136)(H,131,137)(H,132,138)/b127-64+,128-65+,129-66+/t70-,71-,72-,82-,83-,84-,85-,86-,87-,88+,89+,90+,91-,92-,93-,94+,95+,96+,97+,98+,99+,100+,101+,102+,115+,116+,117+,118-,119-,120-/m1/s1. The van der Waals surface area contributed by atoms with Crippen LogP contribution in [0.15, 0.2) is 162 Å². The van der Waals surface area contributed by atoms with Gasteiger partial charge < -0.3 is 44.4 Å². The van der Waals surface area contributed by atoms with Gasteiger partial charge in [0.15, 0.2) is 0 Å². The third-order valence-corrected chi connectivity index (χ3v) is 41.1. The number of pyridine rings is 3. The minimum Gasteiger partial charge on any atom is -0.459 e. The van der Waals surface area contributed by atoms with E-state index in [1.807, 2.05) is 0 Å². The molecule has 21 aliphatic rings. The number of ether oxygens (including phenoxy) is 6. The number of aromatic nitrogens is 3. The Kier molecular flexibility index (Phi) is 31.8. The fourth-order valence-electron chi connectivity index (χ4n) is 33.3. The second-order valence-corrected chi connectivity index (χ2v) is 48.3. The predicted octanol–water partition coefficient (Wildman–Crippen LogP) is 18.3. The van der Waals surface area contributed by atoms with Gasteiger partial charge in [-0.25, -0.2) is 45.0 Å². The molecule has 150 heavy (non-hydrogen) atoms. The summed E-state index contributed by atoms with van der Waals surface area (Å²) in [4.78, 5) is 180. The van der Waals surface area contributed by atoms with Gasteiger partial charge in [-0.2, -0.15) is 15.3 Å². The maximum Gasteiger partial charge on any atom is 0.338 e. The molecule has 0 unspecified atom stereocenters. The van der Waals surface area contributed by atoms with E-state index in [0.29, 0.717) is 145 Å². The van der Waals surface area contributed by atoms with Crippen LogP contribution in [0.1, 0.15) is 334 Å². The molecule has 12 heterocycles. The number of nitrogens with one attached hydrogen (secondary N) is 6. The summed E-state index contributed by atoms with van der Waals surface area (Å²) in [5.74, 6) is -1.09. The van der Waals surface area contributed by atoms with E-state index in [1.54, 1.807) is 146 Å². The number of carbonyl (C=O) groups excluding carboxylic acids is 12. The Morgan fingerprint density at radius 1 is 0.307 bits per heavy atom. The molecule has 27 rings (SSSR count). The lowest BCUT2D eigenvalue weighted by atomic mass is 9.43. The fourth-order valence-corrected chi connectivity index (χ4v) is 33.3. The summed E-state index contributed by atoms with van der Waals surface area (Å²) in [5, 5.41) is 21.1. The van der Waals surface area contributed by atoms with Crippen LogP contribution in [0.4, 0.5) is 0 Å². The highest BCUT2D eigenvalue weighted by Gasteiger charge is 2.70. The van der Waals surface area contributed by atoms with Crippen molar-refractivity contribution in [3.8, 4) is 0 Å². The number of amides is 6. The second kappa shape index (κ2) is 45.0. The lowest BCUT2D eigenvalue weighted by Gasteiger charge is -2.62. The molecule has 30 atom stereocenters. The van der Waals surface area contributed by atoms with Gasteiger partial charge in [-0.05, 0) is 386 Å². The molecular weight excluding hydrogens is 1900 g/mol. The number of hydrazone groups is 3. The van der Waals surface area contributed by atoms with Crippen LogP contribution in [-0.2, 0) is 57.2 Å². The monoisotopic (exact) mass is 2050 g/mol. The topological polar surface area (TPSA) is 408 Å². The summed E-state index contributed by atoms with van der Waals surface area (Å²) in [6.07, 6.45) is 34.0. The van der Waals surface area contributed by atoms with Crippen LogP contribution in [0, 0.1) is 139 Å². The van der Waals surface area contributed by atoms with Gasteiger partial charge in [0.05, 0.1) is 71.7 Å². The molecule has 0 saturated heterocycles. The van der Waals surface area contributed by atoms with Gasteiger partial charge >= 0.3 is 35.8 Å². The molecule has 6 aromatic rings. The van der Waals surface area contributed by atoms with E-state index in [2.05, 4.69) is 125 Å². The minimum atomic E-state index is -0.524. The Bertz CT molecular complexity index is 5510. The van der Waals surface area contributed by atoms with E-state index in [-0.39, 0.29) is 180 Å². The largest absolute Gasteiger partial charge is 0.459 e. The summed E-state index contributed by atoms with van der Waals surface area (Å²) in [7, 11) is 0. The maximum absolute atomic E-state index is 14.4. The number of hydrogen-bond donors (Lipinski definition) is 6. The predicted molar refractivity (Wildman–Crippen MR) is 560 cm³/mol. The van der Waals surface area contributed by atoms with E-state index in [0.717, 1.165) is 96.3 Å². The molecule has 12 fully saturated rings. The molecule has 0 spiro atoms. The molecule has 0 radical (unpaired) electrons. The van der Waals surface area contributed by atoms with Crippen molar-refractivity contribution in [3.05, 3.63) is 196 Å². The van der Waals surface area contributed by atoms with Crippen LogP contribution >= 0.6 is 0 Å². The van der Waals surface area contributed by atoms with Gasteiger partial charge in [-0.1, -0.05) is 98.7 Å². The average Bonchev–Trinajstić information content (AvgIpc) is 1.49. The molecule has 798 valence electrons. The van der Waals surface area contributed by atoms with E-state index in [4.69, 9.17) is 28.4 Å². The van der Waals surface area contributed by atoms with Crippen molar-refractivity contribution in [1.82, 2.24) is 47.2 Å². The van der Waals surface area contributed by atoms with Crippen LogP contribution in [0.2, 0.25) is 0 Å². The lowest BCUT2D eigenvalue weighted by molar-refractivity contribution is -0.176. The Morgan fingerprint density at radius 2 is 0.573 bits per heavy atom. The number of nitrogens with zero attached hydrogens (tertiary/aromatic N) is 6. The first-order valence-corrected chi connectivity index (χ1v) is 55.7. The number of benzene rings is 3. The van der Waals surface area contributed by atoms with Crippen molar-refractivity contribution < 1.29 is 86.0 Å². The molecule has 9 aliphatic heterocycles. The summed E-state index contributed by atoms with van der Waals surface area (Å²) < 4.78 is 39.7. The highest BCUT2D eigenvalue weighted by atomic mass is 16.6. The molecule has 3 aromatic heterocycles. The Hall–Kier alpha value is -12.2. The zero-order chi connectivity index (χ0) is 105. The van der Waals surface area contributed by atoms with E-state index >= 15 is 0 Å². The maximum atomic E-state index is 14.4. The van der Waals surface area contributed by atoms with Crippen molar-refractivity contribution in [2.24, 2.45) is 154 Å². The summed E-state index contributed by atoms with van der Waals surface area (Å²) in [6, 6.07) is 30.9. The van der Waals surface area contributed by atoms with Crippen molar-refractivity contribution in [1.29, 1.82) is 0 Å². The Labute approximate surface area is 880 Å². The number of rotatable bonds is 6. The Balaban J connectivity index is 0.514. The van der Waals surface area contributed by atoms with Gasteiger partial charge in [0.1, 0.15) is 36.6 Å². The zero-order valence-electron chi connectivity index (χ0n) is 88.3. The highest BCUT2D eigenvalue weighted by Crippen LogP contribution is 2.74. The SMILES string of the molecule is C[C@@H]1CCC(=O)NCC(=O)N/N=C/c2cccc(c2)C(=O)O[C@@H]2CC[C@@]3(C)[C@H](CC[C@@H]4[C@@H]3C[C@H](OC(=O)c3ccncc3)[C@]3(C)[C@H](CC[C@@H]43)[C@H](C)CCC(=O)NCC(=O)N/N=C/c3cccc(c3)C(=O)O[C@@H]3CC[C@@]4(C)[C@H](CC[C@@H]5[C@@H]4C[C@H](OC(=O)c4ccncc4)[C@]4(C)[C@H](CC[C@@H]54)[C@H](C)CCC(=O)NCC(=O)N/N=C/c4cccc(c4)C(=O)O[C@@H]4CC[C@@]5(C)[C@H](CC[C@@H]6[C@@H]5C[C@H](OC(=O)c5ccncc5)[C@]5(C)[C@@H]1CC[C@@H]65)C4)C3)C2. The average molecular weight is 2050 g/mol. The van der Waals surface area contributed by atoms with Gasteiger partial charge in [-0.3, -0.25) is 43.7 Å². The van der Waals surface area contributed by atoms with Crippen molar-refractivity contribution in [2.75, 3.05) is 19.6 Å². The van der Waals surface area contributed by atoms with E-state index in [9.17, 15) is 57.5 Å². The van der Waals surface area contributed by atoms with Crippen LogP contribution in [0.25, 0.3) is 0 Å². The summed E-state index contributed by atoms with van der Waals surface area (Å²) in [6.45, 7) is 19.9. The molecule has 12 saturated carbocycles. The lowest BCUT2D eigenvalue weighted by Crippen LogP contribution is -2.59. The van der Waals surface area contributed by atoms with Gasteiger partial charge in [0, 0.05) is 72.7 Å². The van der Waals surface area contributed by atoms with Crippen LogP contribution in [0.3, 0.4) is 0 Å². The van der Waals surface area contributed by atoms with Crippen LogP contribution in [0.5, 0.6) is 0 Å². The van der Waals surface area contributed by atoms with E-state index < -0.39 is 88.1 Å². The molecule has 6 N–H and O–H groups in total. The number of esters is 6. The highest BCUT2D eigenvalue weighted by molar-refractivity contribution is 5.96. The molecule has 3 aromatic carbocycles. The third kappa shape index (κ3) is 21.9. The molecular formula is C120H150N12O18. The van der Waals surface area contributed by atoms with E-state index in [1.165, 1.54) is 18.6 Å². The smallest absolute Gasteiger partial charge is 0.338 e. The molecule has 6 amide bonds. The molecule has 12 aliphatic carbocycles. The second-order valence-electron chi connectivity index (χ2n) is 48.3. The van der Waals surface area contributed by atoms with Gasteiger partial charge in [0.25, 0.3) is 17.7 Å². The van der Waals surface area contributed by atoms with Crippen molar-refractivity contribution in [2.45, 2.75) is 292 Å². The Morgan fingerprint density at radius 3 is 0.847 bits per heavy atom. The molecule has 30 bridgehead atoms. The normalized spacial score (nSPS) is 38.0. The van der Waals surface area contributed by atoms with Crippen molar-refractivity contribution in [3.63, 3.8) is 0 Å². The third-order valence-electron chi connectivity index (χ3n) is 41.1. The number of hydrogen-bond acceptors (Lipinski definition) is 24.